The second-order valence-corrected chi connectivity index (χ2v) is 7.31. The Hall–Kier alpha value is -1.80. The number of aromatic nitrogens is 1. The Morgan fingerprint density at radius 2 is 1.95 bits per heavy atom. The highest BCUT2D eigenvalue weighted by Crippen LogP contribution is 2.25. The summed E-state index contributed by atoms with van der Waals surface area (Å²) in [5.74, 6) is -0.642. The van der Waals surface area contributed by atoms with Crippen molar-refractivity contribution in [2.45, 2.75) is 18.7 Å². The number of halogens is 1. The monoisotopic (exact) mass is 386 g/mol. The smallest absolute Gasteiger partial charge is 0.356 e. The molecule has 22 heavy (non-hydrogen) atoms. The average Bonchev–Trinajstić information content (AvgIpc) is 2.80. The van der Waals surface area contributed by atoms with E-state index in [4.69, 9.17) is 0 Å². The largest absolute Gasteiger partial charge is 0.464 e. The van der Waals surface area contributed by atoms with Gasteiger partial charge in [-0.05, 0) is 37.6 Å². The van der Waals surface area contributed by atoms with Crippen LogP contribution in [0.5, 0.6) is 0 Å². The maximum atomic E-state index is 12.5. The van der Waals surface area contributed by atoms with Gasteiger partial charge in [-0.1, -0.05) is 22.0 Å². The van der Waals surface area contributed by atoms with Crippen LogP contribution in [0, 0.1) is 13.8 Å². The summed E-state index contributed by atoms with van der Waals surface area (Å²) in [6, 6.07) is 6.50. The van der Waals surface area contributed by atoms with Crippen molar-refractivity contribution in [1.29, 1.82) is 0 Å². The number of benzene rings is 1. The van der Waals surface area contributed by atoms with Crippen LogP contribution in [0.4, 0.5) is 5.69 Å². The third kappa shape index (κ3) is 3.33. The van der Waals surface area contributed by atoms with E-state index < -0.39 is 16.0 Å². The van der Waals surface area contributed by atoms with Crippen molar-refractivity contribution in [2.24, 2.45) is 0 Å². The number of sulfonamides is 1. The molecule has 8 heteroatoms. The highest BCUT2D eigenvalue weighted by atomic mass is 79.9. The van der Waals surface area contributed by atoms with E-state index in [0.29, 0.717) is 15.7 Å². The Balaban J connectivity index is 2.46. The zero-order chi connectivity index (χ0) is 16.5. The second kappa shape index (κ2) is 6.13. The second-order valence-electron chi connectivity index (χ2n) is 4.75. The van der Waals surface area contributed by atoms with Gasteiger partial charge in [-0.25, -0.2) is 13.2 Å². The van der Waals surface area contributed by atoms with Gasteiger partial charge in [0.1, 0.15) is 5.69 Å². The number of nitrogens with one attached hydrogen (secondary N) is 2. The molecule has 0 fully saturated rings. The van der Waals surface area contributed by atoms with Crippen LogP contribution in [0.15, 0.2) is 33.6 Å². The number of aromatic amines is 1. The Morgan fingerprint density at radius 3 is 2.59 bits per heavy atom. The predicted octanol–water partition coefficient (Wildman–Crippen LogP) is 2.98. The number of carbonyl (C=O) groups excluding carboxylic acids is 1. The first kappa shape index (κ1) is 16.6. The van der Waals surface area contributed by atoms with E-state index in [0.717, 1.165) is 0 Å². The van der Waals surface area contributed by atoms with Crippen LogP contribution in [0.2, 0.25) is 0 Å². The van der Waals surface area contributed by atoms with E-state index in [1.54, 1.807) is 26.0 Å². The molecule has 0 aliphatic rings. The van der Waals surface area contributed by atoms with E-state index in [1.807, 2.05) is 0 Å². The lowest BCUT2D eigenvalue weighted by molar-refractivity contribution is 0.0596. The summed E-state index contributed by atoms with van der Waals surface area (Å²) in [5.41, 5.74) is 1.46. The van der Waals surface area contributed by atoms with E-state index in [9.17, 15) is 13.2 Å². The molecule has 0 aliphatic heterocycles. The SMILES string of the molecule is COC(=O)c1[nH]c(C)cc1NS(=O)(=O)c1cc(Br)ccc1C. The van der Waals surface area contributed by atoms with Gasteiger partial charge in [-0.2, -0.15) is 0 Å². The van der Waals surface area contributed by atoms with Crippen LogP contribution in [-0.2, 0) is 14.8 Å². The molecule has 6 nitrogen and oxygen atoms in total. The molecule has 1 heterocycles. The quantitative estimate of drug-likeness (QED) is 0.790. The zero-order valence-electron chi connectivity index (χ0n) is 12.2. The van der Waals surface area contributed by atoms with Crippen LogP contribution in [-0.4, -0.2) is 26.5 Å². The highest BCUT2D eigenvalue weighted by Gasteiger charge is 2.22. The lowest BCUT2D eigenvalue weighted by Crippen LogP contribution is -2.16. The molecule has 0 atom stereocenters. The normalized spacial score (nSPS) is 11.3. The molecule has 118 valence electrons. The summed E-state index contributed by atoms with van der Waals surface area (Å²) in [6.45, 7) is 3.42. The fourth-order valence-electron chi connectivity index (χ4n) is 2.00. The third-order valence-corrected chi connectivity index (χ3v) is 5.03. The molecule has 2 rings (SSSR count). The summed E-state index contributed by atoms with van der Waals surface area (Å²) >= 11 is 3.25. The number of methoxy groups -OCH3 is 1. The first-order valence-corrected chi connectivity index (χ1v) is 8.59. The molecule has 0 spiro atoms. The maximum absolute atomic E-state index is 12.5. The van der Waals surface area contributed by atoms with E-state index >= 15 is 0 Å². The fraction of sp³-hybridized carbons (Fsp3) is 0.214. The number of H-pyrrole nitrogens is 1. The van der Waals surface area contributed by atoms with Gasteiger partial charge in [0.2, 0.25) is 0 Å². The van der Waals surface area contributed by atoms with Gasteiger partial charge in [-0.3, -0.25) is 4.72 Å². The van der Waals surface area contributed by atoms with Gasteiger partial charge < -0.3 is 9.72 Å². The van der Waals surface area contributed by atoms with Crippen LogP contribution >= 0.6 is 15.9 Å². The topological polar surface area (TPSA) is 88.3 Å². The van der Waals surface area contributed by atoms with E-state index in [-0.39, 0.29) is 16.3 Å². The summed E-state index contributed by atoms with van der Waals surface area (Å²) in [4.78, 5) is 14.6. The van der Waals surface area contributed by atoms with Crippen molar-refractivity contribution in [3.63, 3.8) is 0 Å². The number of hydrogen-bond acceptors (Lipinski definition) is 4. The first-order valence-electron chi connectivity index (χ1n) is 6.31. The summed E-state index contributed by atoms with van der Waals surface area (Å²) in [5, 5.41) is 0. The molecule has 0 saturated carbocycles. The lowest BCUT2D eigenvalue weighted by Gasteiger charge is -2.10. The minimum Gasteiger partial charge on any atom is -0.464 e. The van der Waals surface area contributed by atoms with Crippen molar-refractivity contribution >= 4 is 37.6 Å². The van der Waals surface area contributed by atoms with Crippen molar-refractivity contribution in [1.82, 2.24) is 4.98 Å². The Labute approximate surface area is 137 Å². The average molecular weight is 387 g/mol. The number of rotatable bonds is 4. The number of aryl methyl sites for hydroxylation is 2. The van der Waals surface area contributed by atoms with Gasteiger partial charge in [0.15, 0.2) is 0 Å². The van der Waals surface area contributed by atoms with E-state index in [2.05, 4.69) is 30.4 Å². The van der Waals surface area contributed by atoms with Crippen molar-refractivity contribution in [2.75, 3.05) is 11.8 Å². The molecule has 0 saturated heterocycles. The van der Waals surface area contributed by atoms with Gasteiger partial charge in [0.25, 0.3) is 10.0 Å². The molecule has 1 aromatic carbocycles. The standard InChI is InChI=1S/C14H15BrN2O4S/c1-8-4-5-10(15)7-12(8)22(19,20)17-11-6-9(2)16-13(11)14(18)21-3/h4-7,16-17H,1-3H3. The van der Waals surface area contributed by atoms with Crippen molar-refractivity contribution < 1.29 is 17.9 Å². The van der Waals surface area contributed by atoms with Crippen LogP contribution in [0.25, 0.3) is 0 Å². The molecule has 0 aliphatic carbocycles. The first-order chi connectivity index (χ1) is 10.2. The number of esters is 1. The molecule has 2 aromatic rings. The maximum Gasteiger partial charge on any atom is 0.356 e. The minimum atomic E-state index is -3.83. The molecular formula is C14H15BrN2O4S. The Morgan fingerprint density at radius 1 is 1.27 bits per heavy atom. The summed E-state index contributed by atoms with van der Waals surface area (Å²) < 4.78 is 32.8. The molecule has 0 radical (unpaired) electrons. The van der Waals surface area contributed by atoms with Gasteiger partial charge >= 0.3 is 5.97 Å². The highest BCUT2D eigenvalue weighted by molar-refractivity contribution is 9.10. The van der Waals surface area contributed by atoms with Gasteiger partial charge in [-0.15, -0.1) is 0 Å². The summed E-state index contributed by atoms with van der Waals surface area (Å²) in [6.07, 6.45) is 0. The van der Waals surface area contributed by atoms with Crippen LogP contribution in [0.3, 0.4) is 0 Å². The number of ether oxygens (including phenoxy) is 1. The van der Waals surface area contributed by atoms with Crippen molar-refractivity contribution in [3.05, 3.63) is 45.7 Å². The van der Waals surface area contributed by atoms with Gasteiger partial charge in [0, 0.05) is 10.2 Å². The molecule has 0 amide bonds. The zero-order valence-corrected chi connectivity index (χ0v) is 14.6. The number of anilines is 1. The third-order valence-electron chi connectivity index (χ3n) is 3.03. The Bertz CT molecular complexity index is 827. The predicted molar refractivity (Wildman–Crippen MR) is 86.6 cm³/mol. The van der Waals surface area contributed by atoms with E-state index in [1.165, 1.54) is 19.2 Å². The molecular weight excluding hydrogens is 372 g/mol. The molecule has 1 aromatic heterocycles. The summed E-state index contributed by atoms with van der Waals surface area (Å²) in [7, 11) is -2.59. The van der Waals surface area contributed by atoms with Crippen LogP contribution in [0.1, 0.15) is 21.7 Å². The minimum absolute atomic E-state index is 0.0659. The molecule has 0 unspecified atom stereocenters. The Kier molecular flexibility index (Phi) is 4.62. The van der Waals surface area contributed by atoms with Gasteiger partial charge in [0.05, 0.1) is 17.7 Å². The van der Waals surface area contributed by atoms with Crippen molar-refractivity contribution in [3.8, 4) is 0 Å². The lowest BCUT2D eigenvalue weighted by atomic mass is 10.2. The number of carbonyl (C=O) groups is 1. The van der Waals surface area contributed by atoms with Crippen LogP contribution < -0.4 is 4.72 Å². The number of hydrogen-bond donors (Lipinski definition) is 2. The fourth-order valence-corrected chi connectivity index (χ4v) is 3.84. The molecule has 0 bridgehead atoms. The molecule has 2 N–H and O–H groups in total.